The first-order valence-corrected chi connectivity index (χ1v) is 6.20. The lowest BCUT2D eigenvalue weighted by molar-refractivity contribution is -0.137. The molecule has 0 saturated heterocycles. The fourth-order valence-electron chi connectivity index (χ4n) is 1.55. The summed E-state index contributed by atoms with van der Waals surface area (Å²) in [7, 11) is 1.55. The summed E-state index contributed by atoms with van der Waals surface area (Å²) in [6.45, 7) is 1.73. The van der Waals surface area contributed by atoms with Crippen LogP contribution in [0.1, 0.15) is 15.9 Å². The van der Waals surface area contributed by atoms with Gasteiger partial charge in [0.05, 0.1) is 12.2 Å². The average Bonchev–Trinajstić information content (AvgIpc) is 2.40. The third-order valence-electron chi connectivity index (χ3n) is 2.56. The van der Waals surface area contributed by atoms with E-state index in [4.69, 9.17) is 4.74 Å². The van der Waals surface area contributed by atoms with E-state index in [1.165, 1.54) is 0 Å². The topological polar surface area (TPSA) is 50.4 Å². The fourth-order valence-corrected chi connectivity index (χ4v) is 1.55. The maximum Gasteiger partial charge on any atom is 0.416 e. The molecule has 0 atom stereocenters. The number of carbonyl (C=O) groups is 1. The molecule has 1 amide bonds. The van der Waals surface area contributed by atoms with Crippen LogP contribution in [0.25, 0.3) is 0 Å². The monoisotopic (exact) mass is 308 g/mol. The van der Waals surface area contributed by atoms with Gasteiger partial charge in [-0.25, -0.2) is 4.39 Å². The summed E-state index contributed by atoms with van der Waals surface area (Å²) in [5, 5.41) is 5.35. The smallest absolute Gasteiger partial charge is 0.383 e. The molecule has 1 rings (SSSR count). The number of alkyl halides is 3. The third kappa shape index (κ3) is 6.09. The number of rotatable bonds is 7. The van der Waals surface area contributed by atoms with E-state index in [0.717, 1.165) is 6.07 Å². The lowest BCUT2D eigenvalue weighted by Crippen LogP contribution is -2.33. The molecule has 0 unspecified atom stereocenters. The second kappa shape index (κ2) is 7.94. The van der Waals surface area contributed by atoms with E-state index in [1.807, 2.05) is 0 Å². The molecule has 2 N–H and O–H groups in total. The molecule has 0 aromatic heterocycles. The Labute approximate surface area is 119 Å². The van der Waals surface area contributed by atoms with E-state index in [1.54, 1.807) is 7.11 Å². The first-order valence-electron chi connectivity index (χ1n) is 6.20. The molecule has 0 aliphatic heterocycles. The quantitative estimate of drug-likeness (QED) is 0.597. The van der Waals surface area contributed by atoms with Gasteiger partial charge in [-0.15, -0.1) is 0 Å². The summed E-state index contributed by atoms with van der Waals surface area (Å²) in [6, 6.07) is 1.74. The first kappa shape index (κ1) is 17.4. The zero-order valence-electron chi connectivity index (χ0n) is 11.4. The van der Waals surface area contributed by atoms with Gasteiger partial charge in [0, 0.05) is 32.3 Å². The van der Waals surface area contributed by atoms with E-state index in [9.17, 15) is 22.4 Å². The minimum absolute atomic E-state index is 0.209. The maximum atomic E-state index is 13.1. The molecule has 0 aliphatic rings. The Kier molecular flexibility index (Phi) is 6.57. The van der Waals surface area contributed by atoms with Crippen molar-refractivity contribution in [3.63, 3.8) is 0 Å². The van der Waals surface area contributed by atoms with Crippen molar-refractivity contribution in [3.05, 3.63) is 35.1 Å². The number of amides is 1. The van der Waals surface area contributed by atoms with E-state index in [2.05, 4.69) is 10.6 Å². The van der Waals surface area contributed by atoms with E-state index >= 15 is 0 Å². The number of benzene rings is 1. The van der Waals surface area contributed by atoms with Crippen LogP contribution in [0.15, 0.2) is 18.2 Å². The maximum absolute atomic E-state index is 13.1. The number of nitrogens with one attached hydrogen (secondary N) is 2. The van der Waals surface area contributed by atoms with Gasteiger partial charge in [-0.1, -0.05) is 0 Å². The van der Waals surface area contributed by atoms with Crippen molar-refractivity contribution in [2.45, 2.75) is 6.18 Å². The van der Waals surface area contributed by atoms with Gasteiger partial charge in [-0.2, -0.15) is 13.2 Å². The van der Waals surface area contributed by atoms with Gasteiger partial charge in [0.1, 0.15) is 5.82 Å². The molecular formula is C13H16F4N2O2. The minimum atomic E-state index is -4.70. The van der Waals surface area contributed by atoms with Crippen LogP contribution in [0, 0.1) is 5.82 Å². The SMILES string of the molecule is COCCNCCNC(=O)c1cc(F)cc(C(F)(F)F)c1. The molecular weight excluding hydrogens is 292 g/mol. The molecule has 0 spiro atoms. The van der Waals surface area contributed by atoms with Gasteiger partial charge in [-0.05, 0) is 18.2 Å². The molecule has 0 saturated carbocycles. The molecule has 1 aromatic carbocycles. The van der Waals surface area contributed by atoms with Crippen LogP contribution < -0.4 is 10.6 Å². The number of hydrogen-bond donors (Lipinski definition) is 2. The van der Waals surface area contributed by atoms with Crippen molar-refractivity contribution in [1.29, 1.82) is 0 Å². The zero-order valence-corrected chi connectivity index (χ0v) is 11.4. The Morgan fingerprint density at radius 1 is 1.19 bits per heavy atom. The fraction of sp³-hybridized carbons (Fsp3) is 0.462. The number of halogens is 4. The Morgan fingerprint density at radius 3 is 2.52 bits per heavy atom. The summed E-state index contributed by atoms with van der Waals surface area (Å²) < 4.78 is 55.5. The zero-order chi connectivity index (χ0) is 15.9. The summed E-state index contributed by atoms with van der Waals surface area (Å²) in [5.41, 5.74) is -1.55. The Morgan fingerprint density at radius 2 is 1.90 bits per heavy atom. The van der Waals surface area contributed by atoms with Crippen molar-refractivity contribution >= 4 is 5.91 Å². The summed E-state index contributed by atoms with van der Waals surface area (Å²) in [4.78, 5) is 11.7. The molecule has 0 aliphatic carbocycles. The highest BCUT2D eigenvalue weighted by Gasteiger charge is 2.31. The van der Waals surface area contributed by atoms with E-state index in [0.29, 0.717) is 31.8 Å². The third-order valence-corrected chi connectivity index (χ3v) is 2.56. The molecule has 118 valence electrons. The molecule has 8 heteroatoms. The van der Waals surface area contributed by atoms with Crippen LogP contribution in [0.4, 0.5) is 17.6 Å². The molecule has 0 fully saturated rings. The predicted octanol–water partition coefficient (Wildman–Crippen LogP) is 1.81. The highest BCUT2D eigenvalue weighted by Crippen LogP contribution is 2.30. The lowest BCUT2D eigenvalue weighted by Gasteiger charge is -2.10. The summed E-state index contributed by atoms with van der Waals surface area (Å²) >= 11 is 0. The lowest BCUT2D eigenvalue weighted by atomic mass is 10.1. The van der Waals surface area contributed by atoms with Crippen molar-refractivity contribution in [1.82, 2.24) is 10.6 Å². The molecule has 1 aromatic rings. The van der Waals surface area contributed by atoms with Crippen LogP contribution >= 0.6 is 0 Å². The van der Waals surface area contributed by atoms with Gasteiger partial charge >= 0.3 is 6.18 Å². The van der Waals surface area contributed by atoms with Gasteiger partial charge in [0.25, 0.3) is 5.91 Å². The van der Waals surface area contributed by atoms with E-state index in [-0.39, 0.29) is 12.1 Å². The normalized spacial score (nSPS) is 11.5. The predicted molar refractivity (Wildman–Crippen MR) is 68.5 cm³/mol. The molecule has 0 radical (unpaired) electrons. The molecule has 0 heterocycles. The highest BCUT2D eigenvalue weighted by atomic mass is 19.4. The number of methoxy groups -OCH3 is 1. The second-order valence-corrected chi connectivity index (χ2v) is 4.23. The standard InChI is InChI=1S/C13H16F4N2O2/c1-21-5-4-18-2-3-19-12(20)9-6-10(13(15,16)17)8-11(14)7-9/h6-8,18H,2-5H2,1H3,(H,19,20). The van der Waals surface area contributed by atoms with Crippen LogP contribution in [0.5, 0.6) is 0 Å². The first-order chi connectivity index (χ1) is 9.84. The summed E-state index contributed by atoms with van der Waals surface area (Å²) in [6.07, 6.45) is -4.70. The largest absolute Gasteiger partial charge is 0.416 e. The number of ether oxygens (including phenoxy) is 1. The molecule has 0 bridgehead atoms. The van der Waals surface area contributed by atoms with Crippen molar-refractivity contribution in [2.24, 2.45) is 0 Å². The van der Waals surface area contributed by atoms with Gasteiger partial charge in [-0.3, -0.25) is 4.79 Å². The number of carbonyl (C=O) groups excluding carboxylic acids is 1. The van der Waals surface area contributed by atoms with Crippen LogP contribution in [-0.4, -0.2) is 39.3 Å². The van der Waals surface area contributed by atoms with Crippen molar-refractivity contribution in [3.8, 4) is 0 Å². The molecule has 4 nitrogen and oxygen atoms in total. The van der Waals surface area contributed by atoms with Crippen LogP contribution in [-0.2, 0) is 10.9 Å². The number of hydrogen-bond acceptors (Lipinski definition) is 3. The van der Waals surface area contributed by atoms with Crippen LogP contribution in [0.2, 0.25) is 0 Å². The Hall–Kier alpha value is -1.67. The van der Waals surface area contributed by atoms with Gasteiger partial charge in [0.15, 0.2) is 0 Å². The van der Waals surface area contributed by atoms with Crippen molar-refractivity contribution < 1.29 is 27.1 Å². The van der Waals surface area contributed by atoms with E-state index < -0.39 is 23.5 Å². The highest BCUT2D eigenvalue weighted by molar-refractivity contribution is 5.94. The molecule has 21 heavy (non-hydrogen) atoms. The van der Waals surface area contributed by atoms with Crippen LogP contribution in [0.3, 0.4) is 0 Å². The van der Waals surface area contributed by atoms with Gasteiger partial charge in [0.2, 0.25) is 0 Å². The Balaban J connectivity index is 2.56. The average molecular weight is 308 g/mol. The Bertz CT molecular complexity index is 478. The van der Waals surface area contributed by atoms with Gasteiger partial charge < -0.3 is 15.4 Å². The summed E-state index contributed by atoms with van der Waals surface area (Å²) in [5.74, 6) is -1.86. The second-order valence-electron chi connectivity index (χ2n) is 4.23. The minimum Gasteiger partial charge on any atom is -0.383 e. The van der Waals surface area contributed by atoms with Crippen molar-refractivity contribution in [2.75, 3.05) is 33.4 Å².